The Bertz CT molecular complexity index is 416. The van der Waals surface area contributed by atoms with Crippen LogP contribution in [0.5, 0.6) is 0 Å². The number of carbonyl (C=O) groups excluding carboxylic acids is 1. The van der Waals surface area contributed by atoms with E-state index in [9.17, 15) is 4.79 Å². The second-order valence-electron chi connectivity index (χ2n) is 3.00. The van der Waals surface area contributed by atoms with Crippen LogP contribution in [-0.4, -0.2) is 17.6 Å². The van der Waals surface area contributed by atoms with Crippen LogP contribution in [0.2, 0.25) is 0 Å². The molecule has 82 valence electrons. The van der Waals surface area contributed by atoms with Crippen LogP contribution in [0.3, 0.4) is 0 Å². The van der Waals surface area contributed by atoms with Crippen LogP contribution in [-0.2, 0) is 9.53 Å². The Kier molecular flexibility index (Phi) is 4.74. The number of nitrogens with zero attached hydrogens (tertiary/aromatic N) is 2. The molecule has 0 saturated carbocycles. The molecule has 0 radical (unpaired) electrons. The molecule has 0 spiro atoms. The summed E-state index contributed by atoms with van der Waals surface area (Å²) in [6.45, 7) is 2.16. The number of hydrogen-bond acceptors (Lipinski definition) is 4. The maximum atomic E-state index is 11.0. The highest BCUT2D eigenvalue weighted by Crippen LogP contribution is 2.02. The standard InChI is InChI=1S/C12H12N2O2/c1-2-16-12(15)5-3-4-11-7-6-10(8-13)9-14-11/h3-4,6-7,9H,2,5H2,1H3. The van der Waals surface area contributed by atoms with Gasteiger partial charge in [0.2, 0.25) is 0 Å². The van der Waals surface area contributed by atoms with Crippen molar-refractivity contribution in [3.63, 3.8) is 0 Å². The van der Waals surface area contributed by atoms with Gasteiger partial charge in [0.25, 0.3) is 0 Å². The number of ether oxygens (including phenoxy) is 1. The Labute approximate surface area is 94.2 Å². The number of rotatable bonds is 4. The summed E-state index contributed by atoms with van der Waals surface area (Å²) in [5.41, 5.74) is 1.23. The normalized spacial score (nSPS) is 10.0. The number of esters is 1. The summed E-state index contributed by atoms with van der Waals surface area (Å²) in [5, 5.41) is 8.57. The minimum absolute atomic E-state index is 0.232. The first kappa shape index (κ1) is 11.9. The third-order valence-corrected chi connectivity index (χ3v) is 1.79. The third-order valence-electron chi connectivity index (χ3n) is 1.79. The average Bonchev–Trinajstić information content (AvgIpc) is 2.30. The van der Waals surface area contributed by atoms with E-state index in [0.717, 1.165) is 0 Å². The zero-order valence-corrected chi connectivity index (χ0v) is 9.01. The van der Waals surface area contributed by atoms with Gasteiger partial charge in [0.15, 0.2) is 0 Å². The van der Waals surface area contributed by atoms with Crippen LogP contribution in [0, 0.1) is 11.3 Å². The van der Waals surface area contributed by atoms with Gasteiger partial charge >= 0.3 is 5.97 Å². The molecule has 1 rings (SSSR count). The van der Waals surface area contributed by atoms with Gasteiger partial charge in [-0.25, -0.2) is 0 Å². The summed E-state index contributed by atoms with van der Waals surface area (Å²) in [7, 11) is 0. The van der Waals surface area contributed by atoms with Crippen LogP contribution in [0.25, 0.3) is 6.08 Å². The summed E-state index contributed by atoms with van der Waals surface area (Å²) in [6.07, 6.45) is 5.13. The zero-order chi connectivity index (χ0) is 11.8. The molecule has 0 aliphatic rings. The van der Waals surface area contributed by atoms with E-state index in [2.05, 4.69) is 4.98 Å². The van der Waals surface area contributed by atoms with Gasteiger partial charge in [0, 0.05) is 6.20 Å². The largest absolute Gasteiger partial charge is 0.466 e. The van der Waals surface area contributed by atoms with Crippen molar-refractivity contribution in [1.29, 1.82) is 5.26 Å². The van der Waals surface area contributed by atoms with Gasteiger partial charge in [-0.15, -0.1) is 0 Å². The highest BCUT2D eigenvalue weighted by Gasteiger charge is 1.96. The first-order chi connectivity index (χ1) is 7.76. The molecule has 4 nitrogen and oxygen atoms in total. The number of aromatic nitrogens is 1. The molecule has 0 atom stereocenters. The van der Waals surface area contributed by atoms with Gasteiger partial charge in [-0.1, -0.05) is 6.08 Å². The molecule has 0 saturated heterocycles. The number of carbonyl (C=O) groups is 1. The molecule has 0 fully saturated rings. The van der Waals surface area contributed by atoms with Crippen molar-refractivity contribution in [3.05, 3.63) is 35.7 Å². The van der Waals surface area contributed by atoms with Crippen molar-refractivity contribution < 1.29 is 9.53 Å². The van der Waals surface area contributed by atoms with E-state index >= 15 is 0 Å². The van der Waals surface area contributed by atoms with Crippen LogP contribution >= 0.6 is 0 Å². The molecule has 1 aromatic heterocycles. The number of hydrogen-bond donors (Lipinski definition) is 0. The predicted octanol–water partition coefficient (Wildman–Crippen LogP) is 1.92. The highest BCUT2D eigenvalue weighted by atomic mass is 16.5. The second-order valence-corrected chi connectivity index (χ2v) is 3.00. The first-order valence-electron chi connectivity index (χ1n) is 4.94. The smallest absolute Gasteiger partial charge is 0.309 e. The Morgan fingerprint density at radius 2 is 2.44 bits per heavy atom. The van der Waals surface area contributed by atoms with E-state index in [1.54, 1.807) is 31.2 Å². The van der Waals surface area contributed by atoms with Crippen LogP contribution in [0.4, 0.5) is 0 Å². The lowest BCUT2D eigenvalue weighted by atomic mass is 10.2. The molecule has 0 aliphatic heterocycles. The zero-order valence-electron chi connectivity index (χ0n) is 9.01. The Morgan fingerprint density at radius 3 is 3.00 bits per heavy atom. The summed E-state index contributed by atoms with van der Waals surface area (Å²) in [4.78, 5) is 15.0. The fraction of sp³-hybridized carbons (Fsp3) is 0.250. The van der Waals surface area contributed by atoms with Crippen molar-refractivity contribution in [1.82, 2.24) is 4.98 Å². The van der Waals surface area contributed by atoms with Gasteiger partial charge in [0.1, 0.15) is 6.07 Å². The quantitative estimate of drug-likeness (QED) is 0.721. The van der Waals surface area contributed by atoms with E-state index in [1.807, 2.05) is 6.07 Å². The highest BCUT2D eigenvalue weighted by molar-refractivity contribution is 5.72. The van der Waals surface area contributed by atoms with Gasteiger partial charge in [0.05, 0.1) is 24.3 Å². The van der Waals surface area contributed by atoms with Crippen LogP contribution in [0.1, 0.15) is 24.6 Å². The molecule has 16 heavy (non-hydrogen) atoms. The Balaban J connectivity index is 2.50. The summed E-state index contributed by atoms with van der Waals surface area (Å²) < 4.78 is 4.76. The van der Waals surface area contributed by atoms with E-state index in [1.165, 1.54) is 6.20 Å². The predicted molar refractivity (Wildman–Crippen MR) is 59.2 cm³/mol. The molecular formula is C12H12N2O2. The van der Waals surface area contributed by atoms with Crippen molar-refractivity contribution in [3.8, 4) is 6.07 Å². The minimum Gasteiger partial charge on any atom is -0.466 e. The van der Waals surface area contributed by atoms with E-state index < -0.39 is 0 Å². The molecule has 0 aliphatic carbocycles. The lowest BCUT2D eigenvalue weighted by Gasteiger charge is -1.96. The fourth-order valence-electron chi connectivity index (χ4n) is 1.07. The number of nitriles is 1. The van der Waals surface area contributed by atoms with Crippen molar-refractivity contribution in [2.75, 3.05) is 6.61 Å². The number of pyridine rings is 1. The summed E-state index contributed by atoms with van der Waals surface area (Å²) in [6, 6.07) is 5.38. The first-order valence-corrected chi connectivity index (χ1v) is 4.94. The van der Waals surface area contributed by atoms with E-state index in [4.69, 9.17) is 10.00 Å². The molecule has 0 amide bonds. The molecule has 1 heterocycles. The van der Waals surface area contributed by atoms with E-state index in [0.29, 0.717) is 17.9 Å². The Hall–Kier alpha value is -2.15. The van der Waals surface area contributed by atoms with E-state index in [-0.39, 0.29) is 12.4 Å². The Morgan fingerprint density at radius 1 is 1.62 bits per heavy atom. The maximum Gasteiger partial charge on any atom is 0.309 e. The molecule has 0 unspecified atom stereocenters. The molecule has 0 N–H and O–H groups in total. The van der Waals surface area contributed by atoms with Crippen molar-refractivity contribution in [2.24, 2.45) is 0 Å². The monoisotopic (exact) mass is 216 g/mol. The lowest BCUT2D eigenvalue weighted by molar-refractivity contribution is -0.142. The molecule has 0 aromatic carbocycles. The summed E-state index contributed by atoms with van der Waals surface area (Å²) in [5.74, 6) is -0.257. The molecule has 1 aromatic rings. The third kappa shape index (κ3) is 3.93. The molecule has 0 bridgehead atoms. The fourth-order valence-corrected chi connectivity index (χ4v) is 1.07. The summed E-state index contributed by atoms with van der Waals surface area (Å²) >= 11 is 0. The van der Waals surface area contributed by atoms with Crippen molar-refractivity contribution in [2.45, 2.75) is 13.3 Å². The van der Waals surface area contributed by atoms with Gasteiger partial charge in [-0.05, 0) is 25.1 Å². The van der Waals surface area contributed by atoms with Crippen LogP contribution < -0.4 is 0 Å². The van der Waals surface area contributed by atoms with Gasteiger partial charge < -0.3 is 4.74 Å². The lowest BCUT2D eigenvalue weighted by Crippen LogP contribution is -2.01. The molecular weight excluding hydrogens is 204 g/mol. The maximum absolute atomic E-state index is 11.0. The van der Waals surface area contributed by atoms with Gasteiger partial charge in [-0.3, -0.25) is 9.78 Å². The average molecular weight is 216 g/mol. The van der Waals surface area contributed by atoms with Crippen molar-refractivity contribution >= 4 is 12.0 Å². The van der Waals surface area contributed by atoms with Crippen LogP contribution in [0.15, 0.2) is 24.4 Å². The van der Waals surface area contributed by atoms with Gasteiger partial charge in [-0.2, -0.15) is 5.26 Å². The minimum atomic E-state index is -0.257. The second kappa shape index (κ2) is 6.36. The molecule has 4 heteroatoms. The SMILES string of the molecule is CCOC(=O)CC=Cc1ccc(C#N)cn1. The topological polar surface area (TPSA) is 63.0 Å².